The van der Waals surface area contributed by atoms with Crippen LogP contribution in [0, 0.1) is 0 Å². The summed E-state index contributed by atoms with van der Waals surface area (Å²) >= 11 is 0. The Labute approximate surface area is 44.0 Å². The number of amides is 2. The fourth-order valence-electron chi connectivity index (χ4n) is 0.330. The molecule has 1 heterocycles. The van der Waals surface area contributed by atoms with Crippen molar-refractivity contribution in [3.05, 3.63) is 0 Å². The maximum atomic E-state index is 10.1. The average molecular weight is 114 g/mol. The molecule has 2 amide bonds. The zero-order chi connectivity index (χ0) is 6.15. The molecule has 2 N–H and O–H groups in total. The molecule has 0 aromatic carbocycles. The molecule has 1 saturated heterocycles. The van der Waals surface area contributed by atoms with Crippen LogP contribution < -0.4 is 10.9 Å². The standard InChI is InChI=1S/C3H2N2O3/c6-1-2(7)4-5-3(1)8/h(H2,4,5,6,7,8). The summed E-state index contributed by atoms with van der Waals surface area (Å²) in [7, 11) is 0. The van der Waals surface area contributed by atoms with E-state index in [1.807, 2.05) is 10.9 Å². The van der Waals surface area contributed by atoms with E-state index in [-0.39, 0.29) is 0 Å². The average Bonchev–Trinajstić information content (AvgIpc) is 1.98. The van der Waals surface area contributed by atoms with Gasteiger partial charge in [-0.1, -0.05) is 0 Å². The second kappa shape index (κ2) is 1.29. The molecule has 0 aromatic heterocycles. The number of hydrogen-bond acceptors (Lipinski definition) is 3. The fourth-order valence-corrected chi connectivity index (χ4v) is 0.330. The highest BCUT2D eigenvalue weighted by Gasteiger charge is 2.29. The number of nitrogens with one attached hydrogen (secondary N) is 2. The van der Waals surface area contributed by atoms with Crippen LogP contribution in [0.4, 0.5) is 0 Å². The first-order chi connectivity index (χ1) is 3.72. The number of Topliss-reactive ketones (excluding diaryl/α,β-unsaturated/α-hetero) is 1. The molecule has 1 rings (SSSR count). The normalized spacial score (nSPS) is 18.2. The first-order valence-corrected chi connectivity index (χ1v) is 1.86. The van der Waals surface area contributed by atoms with E-state index in [0.29, 0.717) is 0 Å². The van der Waals surface area contributed by atoms with E-state index in [4.69, 9.17) is 0 Å². The largest absolute Gasteiger partial charge is 0.316 e. The van der Waals surface area contributed by atoms with E-state index in [9.17, 15) is 14.4 Å². The van der Waals surface area contributed by atoms with Crippen molar-refractivity contribution in [2.24, 2.45) is 0 Å². The number of rotatable bonds is 0. The molecule has 0 atom stereocenters. The van der Waals surface area contributed by atoms with Crippen molar-refractivity contribution in [2.75, 3.05) is 0 Å². The Balaban J connectivity index is 2.86. The number of hydrogen-bond donors (Lipinski definition) is 2. The molecule has 8 heavy (non-hydrogen) atoms. The van der Waals surface area contributed by atoms with E-state index in [1.54, 1.807) is 0 Å². The summed E-state index contributed by atoms with van der Waals surface area (Å²) in [6, 6.07) is 0. The van der Waals surface area contributed by atoms with E-state index >= 15 is 0 Å². The van der Waals surface area contributed by atoms with E-state index in [2.05, 4.69) is 0 Å². The third-order valence-corrected chi connectivity index (χ3v) is 0.702. The predicted octanol–water partition coefficient (Wildman–Crippen LogP) is -2.28. The van der Waals surface area contributed by atoms with Crippen LogP contribution in [-0.2, 0) is 14.4 Å². The molecule has 0 bridgehead atoms. The number of hydrazine groups is 1. The van der Waals surface area contributed by atoms with Crippen LogP contribution >= 0.6 is 0 Å². The maximum Gasteiger partial charge on any atom is 0.316 e. The maximum absolute atomic E-state index is 10.1. The lowest BCUT2D eigenvalue weighted by Crippen LogP contribution is -2.28. The summed E-state index contributed by atoms with van der Waals surface area (Å²) in [6.45, 7) is 0. The Morgan fingerprint density at radius 3 is 1.38 bits per heavy atom. The molecular formula is C3H2N2O3. The van der Waals surface area contributed by atoms with Gasteiger partial charge in [-0.25, -0.2) is 0 Å². The number of carbonyl (C=O) groups excluding carboxylic acids is 3. The topological polar surface area (TPSA) is 75.3 Å². The lowest BCUT2D eigenvalue weighted by Gasteiger charge is -1.81. The van der Waals surface area contributed by atoms with Gasteiger partial charge >= 0.3 is 17.6 Å². The first-order valence-electron chi connectivity index (χ1n) is 1.86. The van der Waals surface area contributed by atoms with Crippen LogP contribution in [0.15, 0.2) is 0 Å². The van der Waals surface area contributed by atoms with E-state index < -0.39 is 17.6 Å². The van der Waals surface area contributed by atoms with Crippen molar-refractivity contribution >= 4 is 17.6 Å². The minimum absolute atomic E-state index is 0.894. The van der Waals surface area contributed by atoms with Gasteiger partial charge in [0.25, 0.3) is 0 Å². The highest BCUT2D eigenvalue weighted by Crippen LogP contribution is 1.78. The summed E-state index contributed by atoms with van der Waals surface area (Å²) in [5.74, 6) is -2.82. The summed E-state index contributed by atoms with van der Waals surface area (Å²) in [4.78, 5) is 30.2. The van der Waals surface area contributed by atoms with E-state index in [0.717, 1.165) is 0 Å². The van der Waals surface area contributed by atoms with Gasteiger partial charge in [0.1, 0.15) is 0 Å². The first kappa shape index (κ1) is 4.76. The summed E-state index contributed by atoms with van der Waals surface area (Å²) in [5.41, 5.74) is 3.66. The molecule has 1 aliphatic rings. The number of carbonyl (C=O) groups is 3. The Bertz CT molecular complexity index is 155. The van der Waals surface area contributed by atoms with Crippen LogP contribution in [0.3, 0.4) is 0 Å². The molecule has 5 heteroatoms. The second-order valence-corrected chi connectivity index (χ2v) is 1.24. The molecule has 0 spiro atoms. The quantitative estimate of drug-likeness (QED) is 0.348. The minimum Gasteiger partial charge on any atom is -0.277 e. The zero-order valence-electron chi connectivity index (χ0n) is 3.72. The van der Waals surface area contributed by atoms with Crippen molar-refractivity contribution in [3.8, 4) is 0 Å². The van der Waals surface area contributed by atoms with Crippen molar-refractivity contribution in [2.45, 2.75) is 0 Å². The molecule has 0 saturated carbocycles. The second-order valence-electron chi connectivity index (χ2n) is 1.24. The minimum atomic E-state index is -1.04. The zero-order valence-corrected chi connectivity index (χ0v) is 3.72. The SMILES string of the molecule is O=C1NNC(=O)C1=O. The van der Waals surface area contributed by atoms with Gasteiger partial charge in [-0.3, -0.25) is 25.2 Å². The van der Waals surface area contributed by atoms with E-state index in [1.165, 1.54) is 0 Å². The van der Waals surface area contributed by atoms with Crippen LogP contribution in [0.5, 0.6) is 0 Å². The van der Waals surface area contributed by atoms with Gasteiger partial charge in [-0.2, -0.15) is 0 Å². The van der Waals surface area contributed by atoms with Crippen LogP contribution in [0.25, 0.3) is 0 Å². The molecule has 1 fully saturated rings. The van der Waals surface area contributed by atoms with Crippen molar-refractivity contribution in [1.29, 1.82) is 0 Å². The Hall–Kier alpha value is -1.39. The van der Waals surface area contributed by atoms with Gasteiger partial charge in [-0.15, -0.1) is 0 Å². The van der Waals surface area contributed by atoms with Gasteiger partial charge in [0.05, 0.1) is 0 Å². The van der Waals surface area contributed by atoms with Gasteiger partial charge in [0.15, 0.2) is 0 Å². The molecular weight excluding hydrogens is 112 g/mol. The van der Waals surface area contributed by atoms with Crippen molar-refractivity contribution in [3.63, 3.8) is 0 Å². The highest BCUT2D eigenvalue weighted by molar-refractivity contribution is 6.65. The van der Waals surface area contributed by atoms with Gasteiger partial charge in [0.2, 0.25) is 0 Å². The Morgan fingerprint density at radius 2 is 1.25 bits per heavy atom. The lowest BCUT2D eigenvalue weighted by molar-refractivity contribution is -0.140. The molecule has 0 aliphatic carbocycles. The summed E-state index contributed by atoms with van der Waals surface area (Å²) < 4.78 is 0. The molecule has 0 unspecified atom stereocenters. The third kappa shape index (κ3) is 0.446. The van der Waals surface area contributed by atoms with Gasteiger partial charge in [-0.05, 0) is 0 Å². The summed E-state index contributed by atoms with van der Waals surface area (Å²) in [5, 5.41) is 0. The van der Waals surface area contributed by atoms with Crippen LogP contribution in [0.2, 0.25) is 0 Å². The fraction of sp³-hybridized carbons (Fsp3) is 0. The smallest absolute Gasteiger partial charge is 0.277 e. The molecule has 0 aromatic rings. The van der Waals surface area contributed by atoms with Crippen molar-refractivity contribution in [1.82, 2.24) is 10.9 Å². The van der Waals surface area contributed by atoms with Crippen LogP contribution in [-0.4, -0.2) is 17.6 Å². The van der Waals surface area contributed by atoms with Crippen LogP contribution in [0.1, 0.15) is 0 Å². The number of ketones is 1. The highest BCUT2D eigenvalue weighted by atomic mass is 16.2. The van der Waals surface area contributed by atoms with Gasteiger partial charge in [0, 0.05) is 0 Å². The van der Waals surface area contributed by atoms with Gasteiger partial charge < -0.3 is 0 Å². The molecule has 5 nitrogen and oxygen atoms in total. The lowest BCUT2D eigenvalue weighted by atomic mass is 10.4. The third-order valence-electron chi connectivity index (χ3n) is 0.702. The predicted molar refractivity (Wildman–Crippen MR) is 21.3 cm³/mol. The molecule has 1 aliphatic heterocycles. The summed E-state index contributed by atoms with van der Waals surface area (Å²) in [6.07, 6.45) is 0. The van der Waals surface area contributed by atoms with Crippen molar-refractivity contribution < 1.29 is 14.4 Å². The Kier molecular flexibility index (Phi) is 0.768. The molecule has 42 valence electrons. The molecule has 0 radical (unpaired) electrons. The monoisotopic (exact) mass is 114 g/mol. The Morgan fingerprint density at radius 1 is 0.875 bits per heavy atom.